The van der Waals surface area contributed by atoms with E-state index in [1.54, 1.807) is 0 Å². The van der Waals surface area contributed by atoms with Crippen molar-refractivity contribution < 1.29 is 39.9 Å². The number of aromatic nitrogens is 4. The molecule has 4 rings (SSSR count). The van der Waals surface area contributed by atoms with Crippen LogP contribution in [0.5, 0.6) is 0 Å². The van der Waals surface area contributed by atoms with E-state index in [9.17, 15) is 44.7 Å². The van der Waals surface area contributed by atoms with Crippen LogP contribution in [0.15, 0.2) is 17.1 Å². The van der Waals surface area contributed by atoms with Crippen LogP contribution in [-0.2, 0) is 23.9 Å². The van der Waals surface area contributed by atoms with Gasteiger partial charge in [0.25, 0.3) is 0 Å². The van der Waals surface area contributed by atoms with Gasteiger partial charge in [-0.2, -0.15) is 31.4 Å². The van der Waals surface area contributed by atoms with Crippen LogP contribution < -0.4 is 5.69 Å². The number of hydrogen-bond donors (Lipinski definition) is 0. The molecule has 0 spiro atoms. The zero-order valence-electron chi connectivity index (χ0n) is 16.5. The normalized spacial score (nSPS) is 21.6. The average Bonchev–Trinajstić information content (AvgIpc) is 3.00. The predicted molar refractivity (Wildman–Crippen MR) is 93.2 cm³/mol. The predicted octanol–water partition coefficient (Wildman–Crippen LogP) is 2.49. The lowest BCUT2D eigenvalue weighted by molar-refractivity contribution is -0.184. The lowest BCUT2D eigenvalue weighted by atomic mass is 9.90. The number of likely N-dealkylation sites (tertiary alicyclic amines) is 1. The Balaban J connectivity index is 1.72. The zero-order chi connectivity index (χ0) is 24.3. The van der Waals surface area contributed by atoms with Crippen LogP contribution in [0.2, 0.25) is 0 Å². The number of amides is 1. The molecule has 33 heavy (non-hydrogen) atoms. The second-order valence-corrected chi connectivity index (χ2v) is 7.89. The molecule has 1 unspecified atom stereocenters. The Labute approximate surface area is 179 Å². The van der Waals surface area contributed by atoms with E-state index >= 15 is 0 Å². The van der Waals surface area contributed by atoms with Gasteiger partial charge in [0.15, 0.2) is 11.5 Å². The summed E-state index contributed by atoms with van der Waals surface area (Å²) >= 11 is 0. The number of pyridine rings is 1. The molecule has 4 heterocycles. The van der Waals surface area contributed by atoms with Gasteiger partial charge in [-0.25, -0.2) is 23.2 Å². The first-order chi connectivity index (χ1) is 15.3. The number of halogens is 8. The Hall–Kier alpha value is -3.00. The summed E-state index contributed by atoms with van der Waals surface area (Å²) in [7, 11) is 0. The molecule has 2 aliphatic heterocycles. The van der Waals surface area contributed by atoms with Crippen molar-refractivity contribution in [2.45, 2.75) is 44.0 Å². The van der Waals surface area contributed by atoms with Crippen LogP contribution in [0, 0.1) is 11.7 Å². The average molecular weight is 485 g/mol. The molecule has 2 atom stereocenters. The van der Waals surface area contributed by atoms with Gasteiger partial charge in [0, 0.05) is 18.2 Å². The van der Waals surface area contributed by atoms with Crippen molar-refractivity contribution in [1.82, 2.24) is 24.2 Å². The fourth-order valence-corrected chi connectivity index (χ4v) is 3.94. The molecule has 0 aromatic carbocycles. The van der Waals surface area contributed by atoms with Gasteiger partial charge in [0.1, 0.15) is 18.0 Å². The molecule has 1 fully saturated rings. The summed E-state index contributed by atoms with van der Waals surface area (Å²) in [5.74, 6) is -5.09. The Bertz CT molecular complexity index is 1130. The fraction of sp³-hybridized carbons (Fsp3) is 0.556. The molecule has 0 bridgehead atoms. The minimum absolute atomic E-state index is 0.327. The molecule has 1 amide bonds. The van der Waals surface area contributed by atoms with Crippen LogP contribution in [0.3, 0.4) is 0 Å². The highest BCUT2D eigenvalue weighted by molar-refractivity contribution is 5.81. The Morgan fingerprint density at radius 1 is 1.15 bits per heavy atom. The van der Waals surface area contributed by atoms with Gasteiger partial charge in [-0.1, -0.05) is 0 Å². The third-order valence-electron chi connectivity index (χ3n) is 5.64. The maximum absolute atomic E-state index is 14.3. The van der Waals surface area contributed by atoms with Crippen molar-refractivity contribution in [3.63, 3.8) is 0 Å². The van der Waals surface area contributed by atoms with Crippen molar-refractivity contribution in [2.24, 2.45) is 5.92 Å². The van der Waals surface area contributed by atoms with E-state index in [1.165, 1.54) is 0 Å². The van der Waals surface area contributed by atoms with Gasteiger partial charge in [-0.3, -0.25) is 9.36 Å². The molecule has 1 saturated heterocycles. The van der Waals surface area contributed by atoms with E-state index in [2.05, 4.69) is 10.1 Å². The molecule has 0 radical (unpaired) electrons. The second-order valence-electron chi connectivity index (χ2n) is 7.89. The van der Waals surface area contributed by atoms with Gasteiger partial charge in [-0.15, -0.1) is 0 Å². The van der Waals surface area contributed by atoms with E-state index < -0.39 is 84.4 Å². The van der Waals surface area contributed by atoms with Crippen molar-refractivity contribution in [3.05, 3.63) is 45.6 Å². The molecule has 7 nitrogen and oxygen atoms in total. The minimum Gasteiger partial charge on any atom is -0.335 e. The van der Waals surface area contributed by atoms with Crippen molar-refractivity contribution in [3.8, 4) is 0 Å². The molecule has 0 aliphatic carbocycles. The molecule has 2 aromatic heterocycles. The quantitative estimate of drug-likeness (QED) is 0.627. The van der Waals surface area contributed by atoms with Gasteiger partial charge in [0.2, 0.25) is 5.91 Å². The first-order valence-corrected chi connectivity index (χ1v) is 9.65. The minimum atomic E-state index is -5.11. The van der Waals surface area contributed by atoms with Gasteiger partial charge < -0.3 is 4.90 Å². The number of rotatable bonds is 3. The Morgan fingerprint density at radius 3 is 2.39 bits per heavy atom. The number of fused-ring (bicyclic) bond motifs is 1. The molecule has 15 heteroatoms. The number of nitrogens with zero attached hydrogens (tertiary/aromatic N) is 5. The van der Waals surface area contributed by atoms with E-state index in [1.807, 2.05) is 0 Å². The molecular weight excluding hydrogens is 470 g/mol. The SMILES string of the molecule is O=C([C@@H]1CC(C(F)(F)F)Cc2nn(Cc3ccnc(C(F)(F)F)c3F)c(=O)n21)N1CC(F)C1. The largest absolute Gasteiger partial charge is 0.436 e. The molecule has 0 saturated carbocycles. The van der Waals surface area contributed by atoms with Gasteiger partial charge in [-0.05, 0) is 12.5 Å². The number of hydrogen-bond acceptors (Lipinski definition) is 4. The van der Waals surface area contributed by atoms with E-state index in [-0.39, 0.29) is 13.1 Å². The van der Waals surface area contributed by atoms with Crippen molar-refractivity contribution in [2.75, 3.05) is 13.1 Å². The van der Waals surface area contributed by atoms with Crippen LogP contribution in [0.1, 0.15) is 29.5 Å². The third-order valence-corrected chi connectivity index (χ3v) is 5.64. The second kappa shape index (κ2) is 7.80. The third kappa shape index (κ3) is 4.19. The van der Waals surface area contributed by atoms with E-state index in [4.69, 9.17) is 0 Å². The van der Waals surface area contributed by atoms with Crippen LogP contribution >= 0.6 is 0 Å². The smallest absolute Gasteiger partial charge is 0.335 e. The number of carbonyl (C=O) groups excluding carboxylic acids is 1. The molecule has 180 valence electrons. The fourth-order valence-electron chi connectivity index (χ4n) is 3.94. The van der Waals surface area contributed by atoms with Crippen LogP contribution in [0.25, 0.3) is 0 Å². The van der Waals surface area contributed by atoms with Crippen LogP contribution in [-0.4, -0.2) is 55.6 Å². The van der Waals surface area contributed by atoms with Gasteiger partial charge >= 0.3 is 18.0 Å². The topological polar surface area (TPSA) is 73.0 Å². The monoisotopic (exact) mass is 485 g/mol. The summed E-state index contributed by atoms with van der Waals surface area (Å²) in [5.41, 5.74) is -3.53. The van der Waals surface area contributed by atoms with Crippen molar-refractivity contribution >= 4 is 5.91 Å². The van der Waals surface area contributed by atoms with Crippen molar-refractivity contribution in [1.29, 1.82) is 0 Å². The summed E-state index contributed by atoms with van der Waals surface area (Å²) in [6, 6.07) is -0.750. The number of alkyl halides is 7. The highest BCUT2D eigenvalue weighted by Gasteiger charge is 2.49. The number of carbonyl (C=O) groups is 1. The molecule has 2 aliphatic rings. The Morgan fingerprint density at radius 2 is 1.82 bits per heavy atom. The van der Waals surface area contributed by atoms with Gasteiger partial charge in [0.05, 0.1) is 25.6 Å². The highest BCUT2D eigenvalue weighted by atomic mass is 19.4. The maximum atomic E-state index is 14.3. The van der Waals surface area contributed by atoms with E-state index in [0.717, 1.165) is 15.5 Å². The molecular formula is C18H15F8N5O2. The first kappa shape index (κ1) is 23.2. The summed E-state index contributed by atoms with van der Waals surface area (Å²) in [4.78, 5) is 29.5. The first-order valence-electron chi connectivity index (χ1n) is 9.65. The highest BCUT2D eigenvalue weighted by Crippen LogP contribution is 2.39. The summed E-state index contributed by atoms with van der Waals surface area (Å²) in [6.07, 6.45) is -12.0. The standard InChI is InChI=1S/C18H15F8N5O2/c19-10-6-29(7-10)15(32)11-3-9(17(21,22)23)4-12-28-30(16(33)31(11)12)5-8-1-2-27-14(13(8)20)18(24,25)26/h1-2,9-11H,3-7H2/t9?,11-/m0/s1. The van der Waals surface area contributed by atoms with E-state index in [0.29, 0.717) is 10.9 Å². The molecule has 0 N–H and O–H groups in total. The van der Waals surface area contributed by atoms with Crippen LogP contribution in [0.4, 0.5) is 35.1 Å². The lowest BCUT2D eigenvalue weighted by Crippen LogP contribution is -2.55. The maximum Gasteiger partial charge on any atom is 0.436 e. The lowest BCUT2D eigenvalue weighted by Gasteiger charge is -2.39. The summed E-state index contributed by atoms with van der Waals surface area (Å²) in [6.45, 7) is -1.48. The molecule has 2 aromatic rings. The summed E-state index contributed by atoms with van der Waals surface area (Å²) in [5, 5.41) is 3.75. The Kier molecular flexibility index (Phi) is 5.47. The summed E-state index contributed by atoms with van der Waals surface area (Å²) < 4.78 is 108. The zero-order valence-corrected chi connectivity index (χ0v) is 16.5.